The normalized spacial score (nSPS) is 14.6. The van der Waals surface area contributed by atoms with Crippen LogP contribution >= 0.6 is 11.6 Å². The smallest absolute Gasteiger partial charge is 0.309 e. The first-order valence-electron chi connectivity index (χ1n) is 9.08. The molecule has 1 aromatic heterocycles. The number of hydrogen-bond acceptors (Lipinski definition) is 4. The monoisotopic (exact) mass is 386 g/mol. The van der Waals surface area contributed by atoms with E-state index in [0.717, 1.165) is 37.2 Å². The molecule has 2 heterocycles. The number of carbonyl (C=O) groups is 2. The zero-order chi connectivity index (χ0) is 19.1. The minimum Gasteiger partial charge on any atom is -0.370 e. The van der Waals surface area contributed by atoms with E-state index >= 15 is 0 Å². The fourth-order valence-corrected chi connectivity index (χ4v) is 3.35. The number of benzene rings is 1. The summed E-state index contributed by atoms with van der Waals surface area (Å²) in [6.45, 7) is 2.59. The summed E-state index contributed by atoms with van der Waals surface area (Å²) in [6.07, 6.45) is 5.57. The molecule has 142 valence electrons. The second-order valence-corrected chi connectivity index (χ2v) is 7.03. The molecule has 2 aromatic rings. The lowest BCUT2D eigenvalue weighted by Crippen LogP contribution is -2.43. The number of amides is 2. The Labute approximate surface area is 163 Å². The zero-order valence-electron chi connectivity index (χ0n) is 15.0. The maximum atomic E-state index is 12.0. The topological polar surface area (TPSA) is 74.3 Å². The highest BCUT2D eigenvalue weighted by Crippen LogP contribution is 2.22. The Morgan fingerprint density at radius 2 is 1.81 bits per heavy atom. The lowest BCUT2D eigenvalue weighted by molar-refractivity contribution is -0.139. The minimum atomic E-state index is -0.636. The van der Waals surface area contributed by atoms with E-state index in [9.17, 15) is 9.59 Å². The lowest BCUT2D eigenvalue weighted by Gasteiger charge is -2.33. The standard InChI is InChI=1S/C20H23ClN4O2/c21-18-6-2-1-4-16(18)13-24-20(27)19(26)23-12-15-7-10-25(11-8-15)17-5-3-9-22-14-17/h1-6,9,14-15H,7-8,10-13H2,(H,23,26)(H,24,27). The quantitative estimate of drug-likeness (QED) is 0.774. The molecule has 0 saturated carbocycles. The number of pyridine rings is 1. The number of hydrogen-bond donors (Lipinski definition) is 2. The zero-order valence-corrected chi connectivity index (χ0v) is 15.8. The van der Waals surface area contributed by atoms with E-state index in [1.54, 1.807) is 12.3 Å². The lowest BCUT2D eigenvalue weighted by atomic mass is 9.96. The van der Waals surface area contributed by atoms with Gasteiger partial charge in [-0.2, -0.15) is 0 Å². The van der Waals surface area contributed by atoms with Crippen LogP contribution in [-0.4, -0.2) is 36.4 Å². The highest BCUT2D eigenvalue weighted by atomic mass is 35.5. The van der Waals surface area contributed by atoms with Crippen LogP contribution in [0.5, 0.6) is 0 Å². The number of piperidine rings is 1. The molecule has 7 heteroatoms. The Balaban J connectivity index is 1.38. The van der Waals surface area contributed by atoms with Crippen LogP contribution < -0.4 is 15.5 Å². The van der Waals surface area contributed by atoms with Gasteiger partial charge in [0.2, 0.25) is 0 Å². The van der Waals surface area contributed by atoms with E-state index in [4.69, 9.17) is 11.6 Å². The number of aromatic nitrogens is 1. The summed E-state index contributed by atoms with van der Waals surface area (Å²) in [5.74, 6) is -0.863. The molecule has 1 fully saturated rings. The van der Waals surface area contributed by atoms with Gasteiger partial charge in [0.1, 0.15) is 0 Å². The largest absolute Gasteiger partial charge is 0.370 e. The Morgan fingerprint density at radius 1 is 1.07 bits per heavy atom. The van der Waals surface area contributed by atoms with Gasteiger partial charge in [-0.3, -0.25) is 14.6 Å². The second kappa shape index (κ2) is 9.37. The summed E-state index contributed by atoms with van der Waals surface area (Å²) in [4.78, 5) is 30.4. The Kier molecular flexibility index (Phi) is 6.65. The summed E-state index contributed by atoms with van der Waals surface area (Å²) >= 11 is 6.05. The van der Waals surface area contributed by atoms with Crippen molar-refractivity contribution in [3.05, 3.63) is 59.4 Å². The molecule has 2 N–H and O–H groups in total. The molecule has 3 rings (SSSR count). The average molecular weight is 387 g/mol. The van der Waals surface area contributed by atoms with Crippen molar-refractivity contribution < 1.29 is 9.59 Å². The van der Waals surface area contributed by atoms with Crippen LogP contribution in [-0.2, 0) is 16.1 Å². The van der Waals surface area contributed by atoms with E-state index < -0.39 is 11.8 Å². The molecule has 2 amide bonds. The van der Waals surface area contributed by atoms with E-state index in [0.29, 0.717) is 17.5 Å². The molecule has 27 heavy (non-hydrogen) atoms. The maximum absolute atomic E-state index is 12.0. The van der Waals surface area contributed by atoms with E-state index in [-0.39, 0.29) is 6.54 Å². The van der Waals surface area contributed by atoms with E-state index in [1.165, 1.54) is 0 Å². The highest BCUT2D eigenvalue weighted by Gasteiger charge is 2.21. The third-order valence-corrected chi connectivity index (χ3v) is 5.15. The summed E-state index contributed by atoms with van der Waals surface area (Å²) < 4.78 is 0. The molecular weight excluding hydrogens is 364 g/mol. The summed E-state index contributed by atoms with van der Waals surface area (Å²) in [7, 11) is 0. The number of nitrogens with zero attached hydrogens (tertiary/aromatic N) is 2. The first-order chi connectivity index (χ1) is 13.1. The van der Waals surface area contributed by atoms with Gasteiger partial charge < -0.3 is 15.5 Å². The van der Waals surface area contributed by atoms with Crippen LogP contribution in [0.25, 0.3) is 0 Å². The van der Waals surface area contributed by atoms with Crippen molar-refractivity contribution in [2.45, 2.75) is 19.4 Å². The fourth-order valence-electron chi connectivity index (χ4n) is 3.15. The molecule has 0 unspecified atom stereocenters. The summed E-state index contributed by atoms with van der Waals surface area (Å²) in [5, 5.41) is 5.92. The van der Waals surface area contributed by atoms with E-state index in [1.807, 2.05) is 30.5 Å². The molecule has 0 radical (unpaired) electrons. The van der Waals surface area contributed by atoms with Crippen molar-refractivity contribution in [2.24, 2.45) is 5.92 Å². The number of carbonyl (C=O) groups excluding carboxylic acids is 2. The molecule has 1 saturated heterocycles. The van der Waals surface area contributed by atoms with Gasteiger partial charge in [-0.1, -0.05) is 29.8 Å². The predicted octanol–water partition coefficient (Wildman–Crippen LogP) is 2.38. The second-order valence-electron chi connectivity index (χ2n) is 6.63. The average Bonchev–Trinajstić information content (AvgIpc) is 2.72. The molecule has 1 aliphatic rings. The van der Waals surface area contributed by atoms with Crippen LogP contribution in [0.3, 0.4) is 0 Å². The predicted molar refractivity (Wildman–Crippen MR) is 105 cm³/mol. The van der Waals surface area contributed by atoms with Crippen molar-refractivity contribution in [3.8, 4) is 0 Å². The van der Waals surface area contributed by atoms with Crippen molar-refractivity contribution in [1.82, 2.24) is 15.6 Å². The van der Waals surface area contributed by atoms with Crippen molar-refractivity contribution in [1.29, 1.82) is 0 Å². The molecule has 0 bridgehead atoms. The number of nitrogens with one attached hydrogen (secondary N) is 2. The van der Waals surface area contributed by atoms with Gasteiger partial charge in [-0.05, 0) is 42.5 Å². The van der Waals surface area contributed by atoms with E-state index in [2.05, 4.69) is 26.6 Å². The third kappa shape index (κ3) is 5.44. The van der Waals surface area contributed by atoms with Gasteiger partial charge >= 0.3 is 11.8 Å². The molecule has 0 spiro atoms. The molecule has 0 atom stereocenters. The Bertz CT molecular complexity index is 777. The SMILES string of the molecule is O=C(NCc1ccccc1Cl)C(=O)NCC1CCN(c2cccnc2)CC1. The van der Waals surface area contributed by atoms with Crippen LogP contribution in [0, 0.1) is 5.92 Å². The maximum Gasteiger partial charge on any atom is 0.309 e. The van der Waals surface area contributed by atoms with Crippen LogP contribution in [0.4, 0.5) is 5.69 Å². The first kappa shape index (κ1) is 19.2. The van der Waals surface area contributed by atoms with Gasteiger partial charge in [0.15, 0.2) is 0 Å². The van der Waals surface area contributed by atoms with Crippen molar-refractivity contribution in [3.63, 3.8) is 0 Å². The third-order valence-electron chi connectivity index (χ3n) is 4.78. The molecule has 6 nitrogen and oxygen atoms in total. The Hall–Kier alpha value is -2.60. The van der Waals surface area contributed by atoms with Crippen LogP contribution in [0.1, 0.15) is 18.4 Å². The fraction of sp³-hybridized carbons (Fsp3) is 0.350. The van der Waals surface area contributed by atoms with Gasteiger partial charge in [-0.25, -0.2) is 0 Å². The number of halogens is 1. The number of rotatable bonds is 5. The van der Waals surface area contributed by atoms with Crippen molar-refractivity contribution >= 4 is 29.1 Å². The molecule has 0 aliphatic carbocycles. The molecular formula is C20H23ClN4O2. The molecule has 1 aliphatic heterocycles. The van der Waals surface area contributed by atoms with Gasteiger partial charge in [-0.15, -0.1) is 0 Å². The van der Waals surface area contributed by atoms with Crippen molar-refractivity contribution in [2.75, 3.05) is 24.5 Å². The van der Waals surface area contributed by atoms with Crippen LogP contribution in [0.15, 0.2) is 48.8 Å². The van der Waals surface area contributed by atoms with Crippen LogP contribution in [0.2, 0.25) is 5.02 Å². The first-order valence-corrected chi connectivity index (χ1v) is 9.45. The summed E-state index contributed by atoms with van der Waals surface area (Å²) in [5.41, 5.74) is 1.90. The minimum absolute atomic E-state index is 0.232. The Morgan fingerprint density at radius 3 is 2.52 bits per heavy atom. The molecule has 1 aromatic carbocycles. The van der Waals surface area contributed by atoms with Gasteiger partial charge in [0.05, 0.1) is 11.9 Å². The summed E-state index contributed by atoms with van der Waals surface area (Å²) in [6, 6.07) is 11.2. The van der Waals surface area contributed by atoms with Gasteiger partial charge in [0.25, 0.3) is 0 Å². The number of anilines is 1. The van der Waals surface area contributed by atoms with Gasteiger partial charge in [0, 0.05) is 37.4 Å². The highest BCUT2D eigenvalue weighted by molar-refractivity contribution is 6.35.